The molecule has 0 radical (unpaired) electrons. The molecule has 0 N–H and O–H groups in total. The second-order valence-electron chi connectivity index (χ2n) is 7.11. The molecule has 0 aromatic carbocycles. The highest BCUT2D eigenvalue weighted by molar-refractivity contribution is 5.88. The molecule has 0 amide bonds. The smallest absolute Gasteiger partial charge is 0.384 e. The minimum Gasteiger partial charge on any atom is -0.462 e. The van der Waals surface area contributed by atoms with Crippen molar-refractivity contribution >= 4 is 11.9 Å². The highest BCUT2D eigenvalue weighted by atomic mass is 16.6. The maximum Gasteiger partial charge on any atom is 0.384 e. The molecule has 152 valence electrons. The summed E-state index contributed by atoms with van der Waals surface area (Å²) in [7, 11) is 1.31. The number of methoxy groups -OCH3 is 1. The van der Waals surface area contributed by atoms with Crippen LogP contribution in [-0.2, 0) is 23.8 Å². The summed E-state index contributed by atoms with van der Waals surface area (Å²) in [5.41, 5.74) is 0. The molecule has 0 spiro atoms. The quantitative estimate of drug-likeness (QED) is 0.152. The van der Waals surface area contributed by atoms with E-state index < -0.39 is 5.97 Å². The monoisotopic (exact) mass is 386 g/mol. The third-order valence-electron chi connectivity index (χ3n) is 5.20. The van der Waals surface area contributed by atoms with E-state index in [-0.39, 0.29) is 36.1 Å². The van der Waals surface area contributed by atoms with Gasteiger partial charge in [-0.05, 0) is 39.0 Å². The lowest BCUT2D eigenvalue weighted by Crippen LogP contribution is -2.31. The first-order valence-electron chi connectivity index (χ1n) is 10.1. The van der Waals surface area contributed by atoms with Crippen molar-refractivity contribution in [2.24, 2.45) is 11.8 Å². The molecule has 1 saturated heterocycles. The summed E-state index contributed by atoms with van der Waals surface area (Å²) in [4.78, 5) is 23.6. The maximum absolute atomic E-state index is 12.3. The molecule has 0 aromatic rings. The van der Waals surface area contributed by atoms with Crippen molar-refractivity contribution in [3.63, 3.8) is 0 Å². The van der Waals surface area contributed by atoms with E-state index in [0.29, 0.717) is 6.42 Å². The Hall–Kier alpha value is -2.24. The van der Waals surface area contributed by atoms with Crippen LogP contribution in [0, 0.1) is 35.5 Å². The standard InChI is InChI=1S/C23H30O5/c1-4-6-7-8-9-10-11-12-13-22(25)27-19(5-2)18-16-20-23(28-20)17(18)14-15-21(24)26-3/h8-9,17-20,23H,5,7,10-13,16H2,1-3H3/b9-8-/t17-,18?,19-,20-,23+/m0/s1. The number of hydrogen-bond donors (Lipinski definition) is 0. The average molecular weight is 386 g/mol. The molecule has 1 heterocycles. The number of allylic oxidation sites excluding steroid dienone is 2. The van der Waals surface area contributed by atoms with Crippen molar-refractivity contribution < 1.29 is 23.8 Å². The summed E-state index contributed by atoms with van der Waals surface area (Å²) in [5, 5.41) is 0. The van der Waals surface area contributed by atoms with Gasteiger partial charge in [0.25, 0.3) is 0 Å². The second-order valence-corrected chi connectivity index (χ2v) is 7.11. The SMILES string of the molecule is CC#CC/C=C\CCCCC(=O)O[C@@H](CC)C1C[C@@H]2O[C@@H]2[C@H]1C#CC(=O)OC. The molecule has 5 nitrogen and oxygen atoms in total. The number of fused-ring (bicyclic) bond motifs is 1. The first-order chi connectivity index (χ1) is 13.6. The summed E-state index contributed by atoms with van der Waals surface area (Å²) in [6, 6.07) is 0. The minimum atomic E-state index is -0.552. The van der Waals surface area contributed by atoms with Crippen LogP contribution >= 0.6 is 0 Å². The second kappa shape index (κ2) is 11.6. The fourth-order valence-corrected chi connectivity index (χ4v) is 3.68. The van der Waals surface area contributed by atoms with E-state index in [1.165, 1.54) is 7.11 Å². The Labute approximate surface area is 168 Å². The molecule has 0 aromatic heterocycles. The lowest BCUT2D eigenvalue weighted by molar-refractivity contribution is -0.153. The zero-order chi connectivity index (χ0) is 20.4. The highest BCUT2D eigenvalue weighted by Gasteiger charge is 2.57. The van der Waals surface area contributed by atoms with E-state index in [9.17, 15) is 9.59 Å². The van der Waals surface area contributed by atoms with Crippen LogP contribution in [-0.4, -0.2) is 37.4 Å². The Balaban J connectivity index is 1.76. The van der Waals surface area contributed by atoms with Gasteiger partial charge in [-0.25, -0.2) is 4.79 Å². The summed E-state index contributed by atoms with van der Waals surface area (Å²) >= 11 is 0. The third kappa shape index (κ3) is 6.73. The van der Waals surface area contributed by atoms with Gasteiger partial charge in [0, 0.05) is 24.7 Å². The molecule has 2 aliphatic rings. The molecule has 28 heavy (non-hydrogen) atoms. The van der Waals surface area contributed by atoms with E-state index in [1.54, 1.807) is 0 Å². The first kappa shape index (κ1) is 22.1. The number of unbranched alkanes of at least 4 members (excludes halogenated alkanes) is 2. The van der Waals surface area contributed by atoms with Crippen LogP contribution in [0.2, 0.25) is 0 Å². The largest absolute Gasteiger partial charge is 0.462 e. The van der Waals surface area contributed by atoms with Gasteiger partial charge in [0.15, 0.2) is 0 Å². The fourth-order valence-electron chi connectivity index (χ4n) is 3.68. The van der Waals surface area contributed by atoms with Crippen molar-refractivity contribution in [3.8, 4) is 23.7 Å². The van der Waals surface area contributed by atoms with Gasteiger partial charge in [-0.1, -0.05) is 30.9 Å². The normalized spacial score (nSPS) is 25.7. The van der Waals surface area contributed by atoms with Gasteiger partial charge in [-0.3, -0.25) is 4.79 Å². The molecular weight excluding hydrogens is 356 g/mol. The molecular formula is C23H30O5. The molecule has 5 heteroatoms. The van der Waals surface area contributed by atoms with Gasteiger partial charge >= 0.3 is 11.9 Å². The summed E-state index contributed by atoms with van der Waals surface area (Å²) in [5.74, 6) is 10.7. The van der Waals surface area contributed by atoms with Gasteiger partial charge in [0.05, 0.1) is 25.2 Å². The Morgan fingerprint density at radius 3 is 2.82 bits per heavy atom. The van der Waals surface area contributed by atoms with Gasteiger partial charge in [-0.15, -0.1) is 5.92 Å². The van der Waals surface area contributed by atoms with Crippen molar-refractivity contribution in [3.05, 3.63) is 12.2 Å². The van der Waals surface area contributed by atoms with Crippen LogP contribution in [0.4, 0.5) is 0 Å². The van der Waals surface area contributed by atoms with Crippen LogP contribution < -0.4 is 0 Å². The van der Waals surface area contributed by atoms with E-state index in [2.05, 4.69) is 40.6 Å². The molecule has 0 bridgehead atoms. The first-order valence-corrected chi connectivity index (χ1v) is 10.1. The van der Waals surface area contributed by atoms with Crippen LogP contribution in [0.3, 0.4) is 0 Å². The number of carbonyl (C=O) groups excluding carboxylic acids is 2. The predicted octanol–water partition coefficient (Wildman–Crippen LogP) is 3.42. The number of esters is 2. The van der Waals surface area contributed by atoms with Crippen molar-refractivity contribution in [1.29, 1.82) is 0 Å². The number of epoxide rings is 1. The van der Waals surface area contributed by atoms with Crippen LogP contribution in [0.15, 0.2) is 12.2 Å². The van der Waals surface area contributed by atoms with Crippen LogP contribution in [0.25, 0.3) is 0 Å². The van der Waals surface area contributed by atoms with Crippen LogP contribution in [0.5, 0.6) is 0 Å². The highest BCUT2D eigenvalue weighted by Crippen LogP contribution is 2.49. The lowest BCUT2D eigenvalue weighted by atomic mass is 9.88. The van der Waals surface area contributed by atoms with Gasteiger partial charge in [-0.2, -0.15) is 0 Å². The minimum absolute atomic E-state index is 0.0547. The Morgan fingerprint density at radius 2 is 2.11 bits per heavy atom. The fraction of sp³-hybridized carbons (Fsp3) is 0.652. The Kier molecular flexibility index (Phi) is 9.11. The van der Waals surface area contributed by atoms with E-state index in [4.69, 9.17) is 9.47 Å². The maximum atomic E-state index is 12.3. The summed E-state index contributed by atoms with van der Waals surface area (Å²) < 4.78 is 15.9. The van der Waals surface area contributed by atoms with Crippen LogP contribution in [0.1, 0.15) is 58.8 Å². The Bertz CT molecular complexity index is 687. The average Bonchev–Trinajstić information content (AvgIpc) is 3.38. The number of rotatable bonds is 9. The summed E-state index contributed by atoms with van der Waals surface area (Å²) in [6.45, 7) is 3.84. The van der Waals surface area contributed by atoms with Gasteiger partial charge in [0.1, 0.15) is 6.10 Å². The molecule has 1 aliphatic carbocycles. The molecule has 1 unspecified atom stereocenters. The van der Waals surface area contributed by atoms with Crippen molar-refractivity contribution in [2.45, 2.75) is 77.1 Å². The Morgan fingerprint density at radius 1 is 1.29 bits per heavy atom. The number of carbonyl (C=O) groups is 2. The zero-order valence-corrected chi connectivity index (χ0v) is 17.0. The van der Waals surface area contributed by atoms with Gasteiger partial charge < -0.3 is 14.2 Å². The van der Waals surface area contributed by atoms with E-state index in [1.807, 2.05) is 13.8 Å². The van der Waals surface area contributed by atoms with E-state index >= 15 is 0 Å². The third-order valence-corrected chi connectivity index (χ3v) is 5.20. The van der Waals surface area contributed by atoms with E-state index in [0.717, 1.165) is 38.5 Å². The lowest BCUT2D eigenvalue weighted by Gasteiger charge is -2.26. The van der Waals surface area contributed by atoms with Crippen molar-refractivity contribution in [1.82, 2.24) is 0 Å². The van der Waals surface area contributed by atoms with Gasteiger partial charge in [0.2, 0.25) is 0 Å². The molecule has 1 aliphatic heterocycles. The molecule has 5 atom stereocenters. The summed E-state index contributed by atoms with van der Waals surface area (Å²) in [6.07, 6.45) is 9.69. The molecule has 2 rings (SSSR count). The predicted molar refractivity (Wildman–Crippen MR) is 106 cm³/mol. The molecule has 1 saturated carbocycles. The number of hydrogen-bond acceptors (Lipinski definition) is 5. The van der Waals surface area contributed by atoms with Crippen molar-refractivity contribution in [2.75, 3.05) is 7.11 Å². The zero-order valence-electron chi connectivity index (χ0n) is 17.0. The molecule has 2 fully saturated rings. The topological polar surface area (TPSA) is 65.1 Å². The number of ether oxygens (including phenoxy) is 3.